The smallest absolute Gasteiger partial charge is 0.252 e. The van der Waals surface area contributed by atoms with E-state index in [0.717, 1.165) is 11.0 Å². The highest BCUT2D eigenvalue weighted by molar-refractivity contribution is 9.10. The van der Waals surface area contributed by atoms with Crippen molar-refractivity contribution in [3.8, 4) is 0 Å². The van der Waals surface area contributed by atoms with E-state index in [-0.39, 0.29) is 28.5 Å². The van der Waals surface area contributed by atoms with Crippen LogP contribution in [0.25, 0.3) is 0 Å². The van der Waals surface area contributed by atoms with Crippen molar-refractivity contribution < 1.29 is 18.4 Å². The van der Waals surface area contributed by atoms with Crippen LogP contribution in [0.5, 0.6) is 0 Å². The average Bonchev–Trinajstić information content (AvgIpc) is 2.58. The van der Waals surface area contributed by atoms with Crippen molar-refractivity contribution in [3.63, 3.8) is 0 Å². The molecule has 1 unspecified atom stereocenters. The zero-order chi connectivity index (χ0) is 15.0. The van der Waals surface area contributed by atoms with Crippen LogP contribution in [0.1, 0.15) is 20.3 Å². The van der Waals surface area contributed by atoms with Gasteiger partial charge in [-0.1, -0.05) is 0 Å². The second-order valence-electron chi connectivity index (χ2n) is 4.84. The van der Waals surface area contributed by atoms with Gasteiger partial charge < -0.3 is 5.32 Å². The van der Waals surface area contributed by atoms with Crippen molar-refractivity contribution in [2.75, 3.05) is 5.32 Å². The Balaban J connectivity index is 2.24. The lowest BCUT2D eigenvalue weighted by atomic mass is 10.2. The van der Waals surface area contributed by atoms with Crippen LogP contribution in [0.4, 0.5) is 14.5 Å². The zero-order valence-electron chi connectivity index (χ0n) is 10.9. The first-order valence-electron chi connectivity index (χ1n) is 6.08. The molecule has 1 aromatic rings. The van der Waals surface area contributed by atoms with E-state index >= 15 is 0 Å². The summed E-state index contributed by atoms with van der Waals surface area (Å²) in [5.74, 6) is -2.25. The van der Waals surface area contributed by atoms with E-state index in [1.165, 1.54) is 0 Å². The van der Waals surface area contributed by atoms with E-state index in [2.05, 4.69) is 21.2 Å². The molecule has 0 radical (unpaired) electrons. The number of amides is 2. The number of anilines is 1. The summed E-state index contributed by atoms with van der Waals surface area (Å²) in [6, 6.07) is 0.728. The Morgan fingerprint density at radius 2 is 2.00 bits per heavy atom. The van der Waals surface area contributed by atoms with Crippen molar-refractivity contribution in [1.29, 1.82) is 0 Å². The van der Waals surface area contributed by atoms with Crippen molar-refractivity contribution in [1.82, 2.24) is 4.90 Å². The highest BCUT2D eigenvalue weighted by Gasteiger charge is 2.40. The SMILES string of the molecule is CC(C)N1C(=O)CC(Nc2c(F)cc(F)cc2Br)C1=O. The van der Waals surface area contributed by atoms with Crippen molar-refractivity contribution >= 4 is 33.4 Å². The van der Waals surface area contributed by atoms with Gasteiger partial charge in [-0.15, -0.1) is 0 Å². The van der Waals surface area contributed by atoms with Gasteiger partial charge in [0, 0.05) is 16.6 Å². The Labute approximate surface area is 123 Å². The third-order valence-electron chi connectivity index (χ3n) is 3.02. The number of benzene rings is 1. The zero-order valence-corrected chi connectivity index (χ0v) is 12.5. The molecule has 2 rings (SSSR count). The Hall–Kier alpha value is -1.50. The lowest BCUT2D eigenvalue weighted by Gasteiger charge is -2.20. The second kappa shape index (κ2) is 5.47. The molecule has 1 heterocycles. The minimum absolute atomic E-state index is 0.0249. The molecular weight excluding hydrogens is 334 g/mol. The van der Waals surface area contributed by atoms with E-state index in [0.29, 0.717) is 6.07 Å². The quantitative estimate of drug-likeness (QED) is 0.856. The lowest BCUT2D eigenvalue weighted by molar-refractivity contribution is -0.140. The molecule has 0 spiro atoms. The number of nitrogens with one attached hydrogen (secondary N) is 1. The van der Waals surface area contributed by atoms with Gasteiger partial charge in [0.2, 0.25) is 5.91 Å². The maximum atomic E-state index is 13.7. The summed E-state index contributed by atoms with van der Waals surface area (Å²) < 4.78 is 26.9. The summed E-state index contributed by atoms with van der Waals surface area (Å²) in [7, 11) is 0. The monoisotopic (exact) mass is 346 g/mol. The number of imide groups is 1. The number of likely N-dealkylation sites (tertiary alicyclic amines) is 1. The molecule has 1 saturated heterocycles. The average molecular weight is 347 g/mol. The first kappa shape index (κ1) is 14.9. The van der Waals surface area contributed by atoms with Crippen LogP contribution in [0.2, 0.25) is 0 Å². The van der Waals surface area contributed by atoms with Gasteiger partial charge in [-0.2, -0.15) is 0 Å². The Morgan fingerprint density at radius 3 is 2.50 bits per heavy atom. The largest absolute Gasteiger partial charge is 0.370 e. The summed E-state index contributed by atoms with van der Waals surface area (Å²) >= 11 is 3.03. The summed E-state index contributed by atoms with van der Waals surface area (Å²) in [4.78, 5) is 25.0. The molecule has 0 bridgehead atoms. The van der Waals surface area contributed by atoms with Crippen molar-refractivity contribution in [2.24, 2.45) is 0 Å². The van der Waals surface area contributed by atoms with Gasteiger partial charge in [-0.25, -0.2) is 8.78 Å². The molecule has 0 aromatic heterocycles. The van der Waals surface area contributed by atoms with Gasteiger partial charge in [0.25, 0.3) is 5.91 Å². The number of nitrogens with zero attached hydrogens (tertiary/aromatic N) is 1. The van der Waals surface area contributed by atoms with E-state index in [4.69, 9.17) is 0 Å². The predicted molar refractivity (Wildman–Crippen MR) is 73.1 cm³/mol. The van der Waals surface area contributed by atoms with E-state index in [1.807, 2.05) is 0 Å². The molecule has 0 saturated carbocycles. The molecule has 1 N–H and O–H groups in total. The summed E-state index contributed by atoms with van der Waals surface area (Å²) in [6.45, 7) is 3.46. The van der Waals surface area contributed by atoms with E-state index in [9.17, 15) is 18.4 Å². The van der Waals surface area contributed by atoms with Gasteiger partial charge in [-0.3, -0.25) is 14.5 Å². The van der Waals surface area contributed by atoms with E-state index < -0.39 is 23.6 Å². The predicted octanol–water partition coefficient (Wildman–Crippen LogP) is 2.68. The maximum absolute atomic E-state index is 13.7. The lowest BCUT2D eigenvalue weighted by Crippen LogP contribution is -2.39. The fourth-order valence-corrected chi connectivity index (χ4v) is 2.68. The highest BCUT2D eigenvalue weighted by atomic mass is 79.9. The Bertz CT molecular complexity index is 554. The highest BCUT2D eigenvalue weighted by Crippen LogP contribution is 2.29. The van der Waals surface area contributed by atoms with Crippen LogP contribution in [0.3, 0.4) is 0 Å². The van der Waals surface area contributed by atoms with Gasteiger partial charge in [0.15, 0.2) is 0 Å². The summed E-state index contributed by atoms with van der Waals surface area (Å²) in [6.07, 6.45) is -0.0414. The molecule has 1 atom stereocenters. The first-order valence-corrected chi connectivity index (χ1v) is 6.87. The molecule has 1 aliphatic heterocycles. The van der Waals surface area contributed by atoms with Crippen LogP contribution in [-0.2, 0) is 9.59 Å². The molecular formula is C13H13BrF2N2O2. The Morgan fingerprint density at radius 1 is 1.35 bits per heavy atom. The minimum atomic E-state index is -0.832. The molecule has 7 heteroatoms. The Kier molecular flexibility index (Phi) is 4.08. The van der Waals surface area contributed by atoms with Crippen LogP contribution >= 0.6 is 15.9 Å². The first-order chi connectivity index (χ1) is 9.31. The molecule has 1 fully saturated rings. The molecule has 4 nitrogen and oxygen atoms in total. The standard InChI is InChI=1S/C13H13BrF2N2O2/c1-6(2)18-11(19)5-10(13(18)20)17-12-8(14)3-7(15)4-9(12)16/h3-4,6,10,17H,5H2,1-2H3. The molecule has 20 heavy (non-hydrogen) atoms. The molecule has 0 aliphatic carbocycles. The van der Waals surface area contributed by atoms with Gasteiger partial charge in [-0.05, 0) is 35.8 Å². The van der Waals surface area contributed by atoms with Gasteiger partial charge in [0.1, 0.15) is 17.7 Å². The maximum Gasteiger partial charge on any atom is 0.252 e. The van der Waals surface area contributed by atoms with Crippen molar-refractivity contribution in [3.05, 3.63) is 28.2 Å². The van der Waals surface area contributed by atoms with E-state index in [1.54, 1.807) is 13.8 Å². The molecule has 1 aromatic carbocycles. The number of rotatable bonds is 3. The fourth-order valence-electron chi connectivity index (χ4n) is 2.16. The van der Waals surface area contributed by atoms with Crippen molar-refractivity contribution in [2.45, 2.75) is 32.4 Å². The summed E-state index contributed by atoms with van der Waals surface area (Å²) in [5, 5.41) is 2.67. The molecule has 2 amide bonds. The van der Waals surface area contributed by atoms with Crippen LogP contribution in [-0.4, -0.2) is 28.8 Å². The molecule has 108 valence electrons. The van der Waals surface area contributed by atoms with Gasteiger partial charge >= 0.3 is 0 Å². The minimum Gasteiger partial charge on any atom is -0.370 e. The van der Waals surface area contributed by atoms with Crippen LogP contribution in [0, 0.1) is 11.6 Å². The van der Waals surface area contributed by atoms with Crippen LogP contribution < -0.4 is 5.32 Å². The normalized spacial score (nSPS) is 19.1. The molecule has 1 aliphatic rings. The number of carbonyl (C=O) groups is 2. The second-order valence-corrected chi connectivity index (χ2v) is 5.70. The van der Waals surface area contributed by atoms with Gasteiger partial charge in [0.05, 0.1) is 12.1 Å². The number of hydrogen-bond acceptors (Lipinski definition) is 3. The third-order valence-corrected chi connectivity index (χ3v) is 3.65. The summed E-state index contributed by atoms with van der Waals surface area (Å²) in [5.41, 5.74) is -0.0249. The number of carbonyl (C=O) groups excluding carboxylic acids is 2. The number of halogens is 3. The van der Waals surface area contributed by atoms with Crippen LogP contribution in [0.15, 0.2) is 16.6 Å². The fraction of sp³-hybridized carbons (Fsp3) is 0.385. The topological polar surface area (TPSA) is 49.4 Å². The number of hydrogen-bond donors (Lipinski definition) is 1. The third kappa shape index (κ3) is 2.67.